The molecule has 1 unspecified atom stereocenters. The molecule has 0 spiro atoms. The Morgan fingerprint density at radius 3 is 2.75 bits per heavy atom. The zero-order valence-electron chi connectivity index (χ0n) is 8.89. The fraction of sp³-hybridized carbons (Fsp3) is 0.364. The Bertz CT molecular complexity index is 367. The molecular weight excluding hydrogens is 212 g/mol. The third-order valence-corrected chi connectivity index (χ3v) is 2.10. The summed E-state index contributed by atoms with van der Waals surface area (Å²) < 4.78 is 9.30. The van der Waals surface area contributed by atoms with Gasteiger partial charge in [0.15, 0.2) is 0 Å². The molecule has 5 heteroatoms. The van der Waals surface area contributed by atoms with Crippen molar-refractivity contribution < 1.29 is 23.9 Å². The Balaban J connectivity index is 2.60. The van der Waals surface area contributed by atoms with Gasteiger partial charge in [-0.15, -0.1) is 0 Å². The van der Waals surface area contributed by atoms with Crippen LogP contribution in [0, 0.1) is 0 Å². The quantitative estimate of drug-likeness (QED) is 0.394. The Hall–Kier alpha value is -1.91. The van der Waals surface area contributed by atoms with E-state index in [1.807, 2.05) is 6.92 Å². The standard InChI is InChI=1S/C11H12O5/c1-3-8(15-9(12)4-2)5-7-6-10(13)16-11(7)14/h4,6,8H,2-3,5H2,1H3. The first-order valence-corrected chi connectivity index (χ1v) is 4.86. The number of cyclic esters (lactones) is 2. The molecule has 0 aliphatic carbocycles. The van der Waals surface area contributed by atoms with Crippen LogP contribution in [-0.2, 0) is 23.9 Å². The number of carbonyl (C=O) groups is 3. The lowest BCUT2D eigenvalue weighted by Crippen LogP contribution is -2.18. The van der Waals surface area contributed by atoms with E-state index in [-0.39, 0.29) is 12.0 Å². The summed E-state index contributed by atoms with van der Waals surface area (Å²) in [5, 5.41) is 0. The molecule has 86 valence electrons. The van der Waals surface area contributed by atoms with Gasteiger partial charge in [0.05, 0.1) is 0 Å². The molecule has 0 saturated carbocycles. The van der Waals surface area contributed by atoms with Crippen molar-refractivity contribution in [2.75, 3.05) is 0 Å². The van der Waals surface area contributed by atoms with Crippen molar-refractivity contribution in [3.8, 4) is 0 Å². The van der Waals surface area contributed by atoms with Crippen LogP contribution in [0.25, 0.3) is 0 Å². The molecule has 1 aliphatic heterocycles. The zero-order chi connectivity index (χ0) is 12.1. The molecule has 1 aliphatic rings. The van der Waals surface area contributed by atoms with Crippen molar-refractivity contribution in [3.63, 3.8) is 0 Å². The topological polar surface area (TPSA) is 69.7 Å². The van der Waals surface area contributed by atoms with Crippen LogP contribution in [0.4, 0.5) is 0 Å². The van der Waals surface area contributed by atoms with Crippen LogP contribution in [0.1, 0.15) is 19.8 Å². The van der Waals surface area contributed by atoms with Gasteiger partial charge in [0.1, 0.15) is 6.10 Å². The van der Waals surface area contributed by atoms with Gasteiger partial charge in [-0.1, -0.05) is 13.5 Å². The summed E-state index contributed by atoms with van der Waals surface area (Å²) in [5.41, 5.74) is 0.230. The summed E-state index contributed by atoms with van der Waals surface area (Å²) in [6.45, 7) is 5.08. The van der Waals surface area contributed by atoms with Crippen molar-refractivity contribution in [2.45, 2.75) is 25.9 Å². The van der Waals surface area contributed by atoms with Crippen molar-refractivity contribution in [1.82, 2.24) is 0 Å². The van der Waals surface area contributed by atoms with Gasteiger partial charge < -0.3 is 9.47 Å². The Labute approximate surface area is 92.7 Å². The van der Waals surface area contributed by atoms with E-state index in [1.54, 1.807) is 0 Å². The van der Waals surface area contributed by atoms with E-state index in [2.05, 4.69) is 11.3 Å². The summed E-state index contributed by atoms with van der Waals surface area (Å²) in [5.74, 6) is -1.90. The van der Waals surface area contributed by atoms with Crippen LogP contribution in [-0.4, -0.2) is 24.0 Å². The van der Waals surface area contributed by atoms with Crippen molar-refractivity contribution in [1.29, 1.82) is 0 Å². The Morgan fingerprint density at radius 1 is 1.62 bits per heavy atom. The fourth-order valence-corrected chi connectivity index (χ4v) is 1.26. The van der Waals surface area contributed by atoms with Crippen molar-refractivity contribution in [2.24, 2.45) is 0 Å². The average molecular weight is 224 g/mol. The van der Waals surface area contributed by atoms with Gasteiger partial charge in [0, 0.05) is 24.1 Å². The average Bonchev–Trinajstić information content (AvgIpc) is 2.56. The van der Waals surface area contributed by atoms with Gasteiger partial charge in [-0.05, 0) is 6.42 Å². The van der Waals surface area contributed by atoms with E-state index in [0.717, 1.165) is 12.2 Å². The summed E-state index contributed by atoms with van der Waals surface area (Å²) in [7, 11) is 0. The molecular formula is C11H12O5. The minimum atomic E-state index is -0.676. The number of hydrogen-bond donors (Lipinski definition) is 0. The molecule has 0 radical (unpaired) electrons. The third-order valence-electron chi connectivity index (χ3n) is 2.10. The highest BCUT2D eigenvalue weighted by Gasteiger charge is 2.26. The molecule has 0 aromatic carbocycles. The number of esters is 3. The van der Waals surface area contributed by atoms with E-state index >= 15 is 0 Å². The normalized spacial score (nSPS) is 16.4. The van der Waals surface area contributed by atoms with Gasteiger partial charge in [-0.25, -0.2) is 14.4 Å². The van der Waals surface area contributed by atoms with Crippen LogP contribution < -0.4 is 0 Å². The molecule has 0 aromatic rings. The SMILES string of the molecule is C=CC(=O)OC(CC)CC1=CC(=O)OC1=O. The second-order valence-electron chi connectivity index (χ2n) is 3.25. The maximum absolute atomic E-state index is 11.1. The summed E-state index contributed by atoms with van der Waals surface area (Å²) >= 11 is 0. The van der Waals surface area contributed by atoms with Crippen LogP contribution in [0.5, 0.6) is 0 Å². The highest BCUT2D eigenvalue weighted by molar-refractivity contribution is 6.08. The first-order valence-electron chi connectivity index (χ1n) is 4.86. The number of rotatable bonds is 5. The minimum Gasteiger partial charge on any atom is -0.459 e. The molecule has 1 heterocycles. The molecule has 0 saturated heterocycles. The lowest BCUT2D eigenvalue weighted by atomic mass is 10.1. The van der Waals surface area contributed by atoms with Gasteiger partial charge in [-0.3, -0.25) is 0 Å². The second-order valence-corrected chi connectivity index (χ2v) is 3.25. The number of ether oxygens (including phenoxy) is 2. The summed E-state index contributed by atoms with van der Waals surface area (Å²) in [6, 6.07) is 0. The predicted molar refractivity (Wildman–Crippen MR) is 54.2 cm³/mol. The predicted octanol–water partition coefficient (Wildman–Crippen LogP) is 0.894. The van der Waals surface area contributed by atoms with Crippen molar-refractivity contribution in [3.05, 3.63) is 24.3 Å². The molecule has 16 heavy (non-hydrogen) atoms. The van der Waals surface area contributed by atoms with E-state index in [4.69, 9.17) is 4.74 Å². The maximum atomic E-state index is 11.1. The van der Waals surface area contributed by atoms with E-state index in [1.165, 1.54) is 0 Å². The molecule has 0 bridgehead atoms. The fourth-order valence-electron chi connectivity index (χ4n) is 1.26. The molecule has 0 aromatic heterocycles. The largest absolute Gasteiger partial charge is 0.459 e. The van der Waals surface area contributed by atoms with Crippen LogP contribution in [0.3, 0.4) is 0 Å². The molecule has 0 amide bonds. The first-order chi connectivity index (χ1) is 7.56. The summed E-state index contributed by atoms with van der Waals surface area (Å²) in [6.07, 6.45) is 2.44. The van der Waals surface area contributed by atoms with Gasteiger partial charge in [-0.2, -0.15) is 0 Å². The lowest BCUT2D eigenvalue weighted by molar-refractivity contribution is -0.151. The van der Waals surface area contributed by atoms with Gasteiger partial charge in [0.25, 0.3) is 0 Å². The molecule has 1 atom stereocenters. The zero-order valence-corrected chi connectivity index (χ0v) is 8.89. The smallest absolute Gasteiger partial charge is 0.342 e. The van der Waals surface area contributed by atoms with Gasteiger partial charge in [0.2, 0.25) is 0 Å². The highest BCUT2D eigenvalue weighted by Crippen LogP contribution is 2.18. The minimum absolute atomic E-state index is 0.181. The number of carbonyl (C=O) groups excluding carboxylic acids is 3. The third kappa shape index (κ3) is 3.05. The van der Waals surface area contributed by atoms with E-state index < -0.39 is 24.0 Å². The van der Waals surface area contributed by atoms with Gasteiger partial charge >= 0.3 is 17.9 Å². The first kappa shape index (κ1) is 12.2. The van der Waals surface area contributed by atoms with Crippen LogP contribution in [0.15, 0.2) is 24.3 Å². The lowest BCUT2D eigenvalue weighted by Gasteiger charge is -2.14. The van der Waals surface area contributed by atoms with E-state index in [9.17, 15) is 14.4 Å². The van der Waals surface area contributed by atoms with Crippen LogP contribution in [0.2, 0.25) is 0 Å². The van der Waals surface area contributed by atoms with E-state index in [0.29, 0.717) is 6.42 Å². The monoisotopic (exact) mass is 224 g/mol. The van der Waals surface area contributed by atoms with Crippen molar-refractivity contribution >= 4 is 17.9 Å². The molecule has 0 N–H and O–H groups in total. The maximum Gasteiger partial charge on any atom is 0.342 e. The Kier molecular flexibility index (Phi) is 3.99. The highest BCUT2D eigenvalue weighted by atomic mass is 16.6. The Morgan fingerprint density at radius 2 is 2.31 bits per heavy atom. The number of hydrogen-bond acceptors (Lipinski definition) is 5. The summed E-state index contributed by atoms with van der Waals surface area (Å²) in [4.78, 5) is 32.8. The molecule has 5 nitrogen and oxygen atoms in total. The second kappa shape index (κ2) is 5.25. The molecule has 0 fully saturated rings. The molecule has 1 rings (SSSR count). The van der Waals surface area contributed by atoms with Crippen LogP contribution >= 0.6 is 0 Å².